The summed E-state index contributed by atoms with van der Waals surface area (Å²) in [5.41, 5.74) is 1.19. The molecule has 0 aliphatic heterocycles. The van der Waals surface area contributed by atoms with Crippen LogP contribution in [0.5, 0.6) is 0 Å². The fraction of sp³-hybridized carbons (Fsp3) is 0.435. The molecule has 0 spiro atoms. The molecule has 1 aromatic heterocycles. The Kier molecular flexibility index (Phi) is 6.67. The summed E-state index contributed by atoms with van der Waals surface area (Å²) < 4.78 is 10.1. The van der Waals surface area contributed by atoms with Gasteiger partial charge in [0.2, 0.25) is 0 Å². The Morgan fingerprint density at radius 1 is 1.10 bits per heavy atom. The van der Waals surface area contributed by atoms with Crippen LogP contribution in [0.4, 0.5) is 4.79 Å². The Labute approximate surface area is 172 Å². The first kappa shape index (κ1) is 22.4. The van der Waals surface area contributed by atoms with Gasteiger partial charge in [-0.25, -0.2) is 4.79 Å². The van der Waals surface area contributed by atoms with Crippen molar-refractivity contribution in [2.75, 3.05) is 7.11 Å². The highest BCUT2D eigenvalue weighted by Gasteiger charge is 2.25. The summed E-state index contributed by atoms with van der Waals surface area (Å²) in [6.45, 7) is 10.9. The largest absolute Gasteiger partial charge is 0.468 e. The molecule has 1 atom stereocenters. The summed E-state index contributed by atoms with van der Waals surface area (Å²) in [6, 6.07) is 9.45. The van der Waals surface area contributed by atoms with Gasteiger partial charge in [-0.15, -0.1) is 0 Å². The first-order valence-corrected chi connectivity index (χ1v) is 9.59. The molecule has 2 aromatic rings. The van der Waals surface area contributed by atoms with E-state index in [0.29, 0.717) is 0 Å². The topological polar surface area (TPSA) is 77.5 Å². The molecule has 0 saturated heterocycles. The van der Waals surface area contributed by atoms with Gasteiger partial charge in [0, 0.05) is 5.39 Å². The summed E-state index contributed by atoms with van der Waals surface area (Å²) in [7, 11) is 1.38. The standard InChI is InChI=1S/C23H30N2O4/c1-15(24-21(27)29-22(2,3)4)18-11-10-17-9-8-16(14-19(17)25-18)12-13-23(5,6)20(26)28-7/h8-15H,1-7H3,(H,24,27)/t15-/m1/s1. The van der Waals surface area contributed by atoms with Crippen molar-refractivity contribution < 1.29 is 19.1 Å². The number of ether oxygens (including phenoxy) is 2. The number of carbonyl (C=O) groups excluding carboxylic acids is 2. The van der Waals surface area contributed by atoms with Crippen molar-refractivity contribution in [2.24, 2.45) is 5.41 Å². The van der Waals surface area contributed by atoms with E-state index in [0.717, 1.165) is 22.2 Å². The first-order chi connectivity index (χ1) is 13.4. The maximum atomic E-state index is 12.0. The van der Waals surface area contributed by atoms with Gasteiger partial charge in [-0.05, 0) is 59.2 Å². The molecule has 6 heteroatoms. The van der Waals surface area contributed by atoms with Crippen LogP contribution in [0.15, 0.2) is 36.4 Å². The van der Waals surface area contributed by atoms with Gasteiger partial charge in [-0.2, -0.15) is 0 Å². The number of amides is 1. The van der Waals surface area contributed by atoms with Crippen molar-refractivity contribution >= 4 is 29.0 Å². The number of pyridine rings is 1. The van der Waals surface area contributed by atoms with Crippen LogP contribution >= 0.6 is 0 Å². The number of benzene rings is 1. The SMILES string of the molecule is COC(=O)C(C)(C)C=Cc1ccc2ccc([C@@H](C)NC(=O)OC(C)(C)C)nc2c1. The number of carbonyl (C=O) groups is 2. The number of aromatic nitrogens is 1. The number of hydrogen-bond donors (Lipinski definition) is 1. The van der Waals surface area contributed by atoms with Gasteiger partial charge in [0.1, 0.15) is 5.60 Å². The van der Waals surface area contributed by atoms with E-state index < -0.39 is 17.1 Å². The maximum Gasteiger partial charge on any atom is 0.408 e. The smallest absolute Gasteiger partial charge is 0.408 e. The summed E-state index contributed by atoms with van der Waals surface area (Å²) in [6.07, 6.45) is 3.22. The Hall–Kier alpha value is -2.89. The molecule has 0 radical (unpaired) electrons. The highest BCUT2D eigenvalue weighted by Crippen LogP contribution is 2.23. The minimum absolute atomic E-state index is 0.294. The van der Waals surface area contributed by atoms with E-state index in [9.17, 15) is 9.59 Å². The second-order valence-corrected chi connectivity index (χ2v) is 8.60. The van der Waals surface area contributed by atoms with Crippen molar-refractivity contribution in [3.05, 3.63) is 47.7 Å². The van der Waals surface area contributed by atoms with Crippen molar-refractivity contribution in [2.45, 2.75) is 53.2 Å². The van der Waals surface area contributed by atoms with E-state index in [2.05, 4.69) is 10.3 Å². The van der Waals surface area contributed by atoms with Gasteiger partial charge in [-0.3, -0.25) is 9.78 Å². The summed E-state index contributed by atoms with van der Waals surface area (Å²) in [5, 5.41) is 3.80. The highest BCUT2D eigenvalue weighted by atomic mass is 16.6. The predicted molar refractivity (Wildman–Crippen MR) is 114 cm³/mol. The summed E-state index contributed by atoms with van der Waals surface area (Å²) >= 11 is 0. The monoisotopic (exact) mass is 398 g/mol. The number of hydrogen-bond acceptors (Lipinski definition) is 5. The van der Waals surface area contributed by atoms with Crippen molar-refractivity contribution in [3.8, 4) is 0 Å². The lowest BCUT2D eigenvalue weighted by atomic mass is 9.92. The molecular formula is C23H30N2O4. The lowest BCUT2D eigenvalue weighted by Gasteiger charge is -2.22. The van der Waals surface area contributed by atoms with E-state index >= 15 is 0 Å². The summed E-state index contributed by atoms with van der Waals surface area (Å²) in [5.74, 6) is -0.294. The fourth-order valence-electron chi connectivity index (χ4n) is 2.69. The molecule has 1 heterocycles. The van der Waals surface area contributed by atoms with Gasteiger partial charge in [0.05, 0.1) is 29.8 Å². The van der Waals surface area contributed by atoms with Gasteiger partial charge in [0.25, 0.3) is 0 Å². The van der Waals surface area contributed by atoms with E-state index in [1.807, 2.05) is 70.2 Å². The molecule has 0 aliphatic rings. The molecule has 156 valence electrons. The molecule has 0 bridgehead atoms. The average Bonchev–Trinajstić information content (AvgIpc) is 2.63. The number of nitrogens with one attached hydrogen (secondary N) is 1. The molecule has 0 aliphatic carbocycles. The minimum Gasteiger partial charge on any atom is -0.468 e. The fourth-order valence-corrected chi connectivity index (χ4v) is 2.69. The van der Waals surface area contributed by atoms with E-state index in [1.165, 1.54) is 7.11 Å². The Morgan fingerprint density at radius 3 is 2.38 bits per heavy atom. The zero-order chi connectivity index (χ0) is 21.8. The van der Waals surface area contributed by atoms with E-state index in [-0.39, 0.29) is 12.0 Å². The number of esters is 1. The second kappa shape index (κ2) is 8.64. The van der Waals surface area contributed by atoms with Crippen LogP contribution in [0, 0.1) is 5.41 Å². The van der Waals surface area contributed by atoms with Crippen LogP contribution in [0.25, 0.3) is 17.0 Å². The van der Waals surface area contributed by atoms with Gasteiger partial charge in [0.15, 0.2) is 0 Å². The lowest BCUT2D eigenvalue weighted by molar-refractivity contribution is -0.148. The van der Waals surface area contributed by atoms with Gasteiger partial charge < -0.3 is 14.8 Å². The molecule has 6 nitrogen and oxygen atoms in total. The third kappa shape index (κ3) is 6.31. The molecule has 0 fully saturated rings. The zero-order valence-electron chi connectivity index (χ0n) is 18.2. The van der Waals surface area contributed by atoms with Crippen LogP contribution in [0.2, 0.25) is 0 Å². The van der Waals surface area contributed by atoms with E-state index in [4.69, 9.17) is 9.47 Å². The van der Waals surface area contributed by atoms with Crippen molar-refractivity contribution in [1.29, 1.82) is 0 Å². The summed E-state index contributed by atoms with van der Waals surface area (Å²) in [4.78, 5) is 28.5. The molecule has 2 rings (SSSR count). The first-order valence-electron chi connectivity index (χ1n) is 9.59. The zero-order valence-corrected chi connectivity index (χ0v) is 18.2. The van der Waals surface area contributed by atoms with Crippen LogP contribution in [0.1, 0.15) is 58.8 Å². The van der Waals surface area contributed by atoms with Gasteiger partial charge >= 0.3 is 12.1 Å². The van der Waals surface area contributed by atoms with Gasteiger partial charge in [-0.1, -0.05) is 30.4 Å². The number of fused-ring (bicyclic) bond motifs is 1. The average molecular weight is 399 g/mol. The molecule has 0 saturated carbocycles. The molecule has 1 amide bonds. The van der Waals surface area contributed by atoms with Crippen molar-refractivity contribution in [1.82, 2.24) is 10.3 Å². The lowest BCUT2D eigenvalue weighted by Crippen LogP contribution is -2.34. The number of rotatable bonds is 5. The quantitative estimate of drug-likeness (QED) is 0.715. The molecule has 0 unspecified atom stereocenters. The third-order valence-corrected chi connectivity index (χ3v) is 4.32. The Morgan fingerprint density at radius 2 is 1.76 bits per heavy atom. The van der Waals surface area contributed by atoms with Crippen LogP contribution in [-0.4, -0.2) is 29.8 Å². The van der Waals surface area contributed by atoms with Crippen LogP contribution < -0.4 is 5.32 Å². The predicted octanol–water partition coefficient (Wildman–Crippen LogP) is 5.03. The van der Waals surface area contributed by atoms with Crippen LogP contribution in [-0.2, 0) is 14.3 Å². The number of alkyl carbamates (subject to hydrolysis) is 1. The van der Waals surface area contributed by atoms with Crippen molar-refractivity contribution in [3.63, 3.8) is 0 Å². The molecule has 29 heavy (non-hydrogen) atoms. The minimum atomic E-state index is -0.717. The molecule has 1 N–H and O–H groups in total. The normalized spacial score (nSPS) is 13.3. The Balaban J connectivity index is 2.22. The second-order valence-electron chi connectivity index (χ2n) is 8.60. The third-order valence-electron chi connectivity index (χ3n) is 4.32. The molecular weight excluding hydrogens is 368 g/mol. The Bertz CT molecular complexity index is 926. The number of nitrogens with zero attached hydrogens (tertiary/aromatic N) is 1. The number of methoxy groups -OCH3 is 1. The molecule has 1 aromatic carbocycles. The highest BCUT2D eigenvalue weighted by molar-refractivity contribution is 5.83. The maximum absolute atomic E-state index is 12.0. The van der Waals surface area contributed by atoms with Crippen LogP contribution in [0.3, 0.4) is 0 Å². The van der Waals surface area contributed by atoms with E-state index in [1.54, 1.807) is 13.8 Å².